The first-order valence-electron chi connectivity index (χ1n) is 5.38. The summed E-state index contributed by atoms with van der Waals surface area (Å²) in [6.45, 7) is 0. The Kier molecular flexibility index (Phi) is 2.34. The maximum atomic E-state index is 13.7. The van der Waals surface area contributed by atoms with E-state index >= 15 is 0 Å². The molecule has 88 valence electrons. The van der Waals surface area contributed by atoms with Crippen molar-refractivity contribution in [1.29, 1.82) is 0 Å². The second-order valence-electron chi connectivity index (χ2n) is 4.43. The van der Waals surface area contributed by atoms with Gasteiger partial charge in [0.25, 0.3) is 0 Å². The number of benzene rings is 1. The zero-order valence-corrected chi connectivity index (χ0v) is 10.6. The highest BCUT2D eigenvalue weighted by atomic mass is 79.9. The molecule has 0 unspecified atom stereocenters. The van der Waals surface area contributed by atoms with Crippen molar-refractivity contribution in [3.63, 3.8) is 0 Å². The molecule has 3 N–H and O–H groups in total. The van der Waals surface area contributed by atoms with Crippen molar-refractivity contribution in [2.24, 2.45) is 5.73 Å². The fraction of sp³-hybridized carbons (Fsp3) is 0.250. The monoisotopic (exact) mass is 295 g/mol. The van der Waals surface area contributed by atoms with Crippen LogP contribution in [0.1, 0.15) is 18.7 Å². The highest BCUT2D eigenvalue weighted by molar-refractivity contribution is 9.10. The van der Waals surface area contributed by atoms with Crippen LogP contribution in [0.15, 0.2) is 28.9 Å². The van der Waals surface area contributed by atoms with E-state index in [2.05, 4.69) is 25.9 Å². The zero-order chi connectivity index (χ0) is 12.0. The molecule has 0 spiro atoms. The number of hydrogen-bond acceptors (Lipinski definition) is 2. The number of nitrogens with one attached hydrogen (secondary N) is 1. The minimum Gasteiger partial charge on any atom is -0.340 e. The van der Waals surface area contributed by atoms with Crippen molar-refractivity contribution in [3.8, 4) is 11.3 Å². The van der Waals surface area contributed by atoms with Crippen molar-refractivity contribution in [2.75, 3.05) is 0 Å². The van der Waals surface area contributed by atoms with Crippen molar-refractivity contribution < 1.29 is 4.39 Å². The number of hydrogen-bond donors (Lipinski definition) is 2. The van der Waals surface area contributed by atoms with Gasteiger partial charge in [0.05, 0.1) is 17.4 Å². The fourth-order valence-corrected chi connectivity index (χ4v) is 2.15. The summed E-state index contributed by atoms with van der Waals surface area (Å²) in [6, 6.07) is 4.82. The molecular weight excluding hydrogens is 285 g/mol. The topological polar surface area (TPSA) is 54.7 Å². The lowest BCUT2D eigenvalue weighted by molar-refractivity contribution is 0.630. The molecule has 17 heavy (non-hydrogen) atoms. The molecule has 1 saturated carbocycles. The largest absolute Gasteiger partial charge is 0.340 e. The lowest BCUT2D eigenvalue weighted by Crippen LogP contribution is -2.20. The third-order valence-electron chi connectivity index (χ3n) is 3.05. The van der Waals surface area contributed by atoms with Crippen molar-refractivity contribution in [1.82, 2.24) is 9.97 Å². The lowest BCUT2D eigenvalue weighted by atomic mass is 10.1. The molecule has 5 heteroatoms. The quantitative estimate of drug-likeness (QED) is 0.895. The lowest BCUT2D eigenvalue weighted by Gasteiger charge is -2.04. The molecule has 0 radical (unpaired) electrons. The van der Waals surface area contributed by atoms with Gasteiger partial charge < -0.3 is 10.7 Å². The molecule has 1 aliphatic carbocycles. The molecule has 1 aromatic heterocycles. The molecule has 0 saturated heterocycles. The minimum absolute atomic E-state index is 0.273. The molecule has 0 atom stereocenters. The average Bonchev–Trinajstić information content (AvgIpc) is 2.88. The van der Waals surface area contributed by atoms with Crippen molar-refractivity contribution >= 4 is 15.9 Å². The number of imidazole rings is 1. The Hall–Kier alpha value is -1.20. The number of halogens is 2. The van der Waals surface area contributed by atoms with E-state index in [1.54, 1.807) is 18.3 Å². The summed E-state index contributed by atoms with van der Waals surface area (Å²) >= 11 is 3.33. The summed E-state index contributed by atoms with van der Waals surface area (Å²) in [4.78, 5) is 7.34. The second-order valence-corrected chi connectivity index (χ2v) is 5.34. The van der Waals surface area contributed by atoms with Gasteiger partial charge in [-0.1, -0.05) is 15.9 Å². The smallest absolute Gasteiger partial charge is 0.132 e. The van der Waals surface area contributed by atoms with Gasteiger partial charge in [0.2, 0.25) is 0 Å². The third-order valence-corrected chi connectivity index (χ3v) is 3.55. The second kappa shape index (κ2) is 3.65. The summed E-state index contributed by atoms with van der Waals surface area (Å²) in [5, 5.41) is 0. The van der Waals surface area contributed by atoms with E-state index in [1.807, 2.05) is 0 Å². The summed E-state index contributed by atoms with van der Waals surface area (Å²) in [7, 11) is 0. The van der Waals surface area contributed by atoms with E-state index in [4.69, 9.17) is 5.73 Å². The van der Waals surface area contributed by atoms with Gasteiger partial charge in [-0.05, 0) is 31.0 Å². The van der Waals surface area contributed by atoms with Crippen molar-refractivity contribution in [2.45, 2.75) is 18.4 Å². The van der Waals surface area contributed by atoms with Crippen LogP contribution in [-0.4, -0.2) is 9.97 Å². The Bertz CT molecular complexity index is 575. The van der Waals surface area contributed by atoms with E-state index in [1.165, 1.54) is 6.07 Å². The van der Waals surface area contributed by atoms with Crippen LogP contribution in [0.4, 0.5) is 4.39 Å². The Morgan fingerprint density at radius 1 is 1.41 bits per heavy atom. The standard InChI is InChI=1S/C12H11BrFN3/c13-7-1-2-9(14)8(5-7)10-6-16-11(17-10)12(15)3-4-12/h1-2,5-6H,3-4,15H2,(H,16,17). The van der Waals surface area contributed by atoms with Crippen LogP contribution in [0, 0.1) is 5.82 Å². The molecule has 0 bridgehead atoms. The Morgan fingerprint density at radius 2 is 2.18 bits per heavy atom. The summed E-state index contributed by atoms with van der Waals surface area (Å²) < 4.78 is 14.5. The van der Waals surface area contributed by atoms with E-state index in [9.17, 15) is 4.39 Å². The van der Waals surface area contributed by atoms with Gasteiger partial charge in [-0.15, -0.1) is 0 Å². The molecule has 0 amide bonds. The molecule has 1 fully saturated rings. The van der Waals surface area contributed by atoms with Crippen LogP contribution < -0.4 is 5.73 Å². The van der Waals surface area contributed by atoms with Crippen LogP contribution in [0.2, 0.25) is 0 Å². The maximum Gasteiger partial charge on any atom is 0.132 e. The highest BCUT2D eigenvalue weighted by Gasteiger charge is 2.42. The van der Waals surface area contributed by atoms with Crippen LogP contribution in [0.3, 0.4) is 0 Å². The number of H-pyrrole nitrogens is 1. The number of nitrogens with two attached hydrogens (primary N) is 1. The molecule has 0 aliphatic heterocycles. The van der Waals surface area contributed by atoms with Crippen LogP contribution >= 0.6 is 15.9 Å². The first-order chi connectivity index (χ1) is 8.08. The van der Waals surface area contributed by atoms with Gasteiger partial charge in [0, 0.05) is 10.0 Å². The molecule has 3 nitrogen and oxygen atoms in total. The van der Waals surface area contributed by atoms with E-state index in [0.29, 0.717) is 11.3 Å². The number of aromatic amines is 1. The van der Waals surface area contributed by atoms with Gasteiger partial charge in [0.15, 0.2) is 0 Å². The van der Waals surface area contributed by atoms with Crippen molar-refractivity contribution in [3.05, 3.63) is 40.5 Å². The number of nitrogens with zero attached hydrogens (tertiary/aromatic N) is 1. The first kappa shape index (κ1) is 10.9. The van der Waals surface area contributed by atoms with Crippen LogP contribution in [0.25, 0.3) is 11.3 Å². The van der Waals surface area contributed by atoms with Gasteiger partial charge in [0.1, 0.15) is 11.6 Å². The maximum absolute atomic E-state index is 13.7. The van der Waals surface area contributed by atoms with Gasteiger partial charge in [-0.3, -0.25) is 0 Å². The first-order valence-corrected chi connectivity index (χ1v) is 6.18. The number of rotatable bonds is 2. The number of aromatic nitrogens is 2. The predicted molar refractivity (Wildman–Crippen MR) is 66.8 cm³/mol. The van der Waals surface area contributed by atoms with E-state index in [-0.39, 0.29) is 11.4 Å². The third kappa shape index (κ3) is 1.89. The summed E-state index contributed by atoms with van der Waals surface area (Å²) in [6.07, 6.45) is 3.49. The van der Waals surface area contributed by atoms with E-state index < -0.39 is 0 Å². The molecule has 1 heterocycles. The molecule has 1 aromatic carbocycles. The van der Waals surface area contributed by atoms with Gasteiger partial charge >= 0.3 is 0 Å². The molecule has 2 aromatic rings. The Morgan fingerprint density at radius 3 is 2.88 bits per heavy atom. The Labute approximate surface area is 106 Å². The minimum atomic E-state index is -0.319. The van der Waals surface area contributed by atoms with Crippen LogP contribution in [-0.2, 0) is 5.54 Å². The highest BCUT2D eigenvalue weighted by Crippen LogP contribution is 2.41. The van der Waals surface area contributed by atoms with Gasteiger partial charge in [-0.2, -0.15) is 0 Å². The summed E-state index contributed by atoms with van der Waals surface area (Å²) in [5.41, 5.74) is 6.88. The predicted octanol–water partition coefficient (Wildman–Crippen LogP) is 2.93. The average molecular weight is 296 g/mol. The van der Waals surface area contributed by atoms with Crippen LogP contribution in [0.5, 0.6) is 0 Å². The SMILES string of the molecule is NC1(c2ncc(-c3cc(Br)ccc3F)[nH]2)CC1. The molecule has 1 aliphatic rings. The van der Waals surface area contributed by atoms with Gasteiger partial charge in [-0.25, -0.2) is 9.37 Å². The Balaban J connectivity index is 2.03. The zero-order valence-electron chi connectivity index (χ0n) is 9.00. The normalized spacial score (nSPS) is 17.1. The molecule has 3 rings (SSSR count). The molecular formula is C12H11BrFN3. The van der Waals surface area contributed by atoms with E-state index in [0.717, 1.165) is 23.1 Å². The fourth-order valence-electron chi connectivity index (χ4n) is 1.79. The summed E-state index contributed by atoms with van der Waals surface area (Å²) in [5.74, 6) is 0.470.